The molecule has 0 aromatic carbocycles. The van der Waals surface area contributed by atoms with Crippen LogP contribution in [0.25, 0.3) is 27.8 Å². The van der Waals surface area contributed by atoms with Gasteiger partial charge in [0.05, 0.1) is 11.1 Å². The number of hydrogen-bond acceptors (Lipinski definition) is 6. The van der Waals surface area contributed by atoms with Gasteiger partial charge in [-0.15, -0.1) is 0 Å². The molecule has 0 amide bonds. The van der Waals surface area contributed by atoms with Crippen LogP contribution in [-0.2, 0) is 0 Å². The molecule has 6 rings (SSSR count). The highest BCUT2D eigenvalue weighted by Gasteiger charge is 2.33. The number of anilines is 1. The van der Waals surface area contributed by atoms with Crippen molar-refractivity contribution in [1.29, 1.82) is 0 Å². The summed E-state index contributed by atoms with van der Waals surface area (Å²) in [6.07, 6.45) is 8.56. The molecular weight excluding hydrogens is 366 g/mol. The summed E-state index contributed by atoms with van der Waals surface area (Å²) in [5, 5.41) is 14.8. The van der Waals surface area contributed by atoms with Crippen molar-refractivity contribution in [3.8, 4) is 11.1 Å². The molecule has 4 aromatic heterocycles. The van der Waals surface area contributed by atoms with E-state index in [2.05, 4.69) is 48.6 Å². The van der Waals surface area contributed by atoms with Gasteiger partial charge in [0.25, 0.3) is 0 Å². The SMILES string of the molecule is Cc1nc2ncc(-c3ccn4ncnc(N5CCC(C)(O)C5)c34)cc2n1C1CC1. The zero-order valence-electron chi connectivity index (χ0n) is 16.6. The van der Waals surface area contributed by atoms with Gasteiger partial charge in [-0.1, -0.05) is 0 Å². The van der Waals surface area contributed by atoms with Crippen molar-refractivity contribution < 1.29 is 5.11 Å². The maximum absolute atomic E-state index is 10.4. The lowest BCUT2D eigenvalue weighted by Crippen LogP contribution is -2.30. The number of aliphatic hydroxyl groups is 1. The van der Waals surface area contributed by atoms with E-state index in [1.165, 1.54) is 12.8 Å². The summed E-state index contributed by atoms with van der Waals surface area (Å²) in [6.45, 7) is 5.27. The first kappa shape index (κ1) is 16.9. The molecule has 8 heteroatoms. The minimum atomic E-state index is -0.691. The predicted octanol–water partition coefficient (Wildman–Crippen LogP) is 2.75. The third kappa shape index (κ3) is 2.62. The van der Waals surface area contributed by atoms with E-state index in [1.807, 2.05) is 23.8 Å². The minimum Gasteiger partial charge on any atom is -0.388 e. The zero-order valence-corrected chi connectivity index (χ0v) is 16.6. The third-order valence-corrected chi connectivity index (χ3v) is 6.13. The van der Waals surface area contributed by atoms with Gasteiger partial charge in [0.15, 0.2) is 11.5 Å². The van der Waals surface area contributed by atoms with Crippen LogP contribution in [0.3, 0.4) is 0 Å². The Morgan fingerprint density at radius 2 is 2.10 bits per heavy atom. The van der Waals surface area contributed by atoms with Gasteiger partial charge in [0, 0.05) is 42.7 Å². The molecular formula is C21H23N7O. The monoisotopic (exact) mass is 389 g/mol. The first-order chi connectivity index (χ1) is 14.0. The number of hydrogen-bond donors (Lipinski definition) is 1. The lowest BCUT2D eigenvalue weighted by atomic mass is 10.1. The zero-order chi connectivity index (χ0) is 19.8. The Morgan fingerprint density at radius 1 is 1.24 bits per heavy atom. The van der Waals surface area contributed by atoms with E-state index in [0.717, 1.165) is 52.4 Å². The first-order valence-corrected chi connectivity index (χ1v) is 10.1. The molecule has 148 valence electrons. The van der Waals surface area contributed by atoms with Crippen molar-refractivity contribution in [3.63, 3.8) is 0 Å². The second-order valence-electron chi connectivity index (χ2n) is 8.60. The molecule has 8 nitrogen and oxygen atoms in total. The molecule has 29 heavy (non-hydrogen) atoms. The van der Waals surface area contributed by atoms with E-state index in [0.29, 0.717) is 12.6 Å². The highest BCUT2D eigenvalue weighted by Crippen LogP contribution is 2.40. The van der Waals surface area contributed by atoms with Crippen molar-refractivity contribution in [2.24, 2.45) is 0 Å². The van der Waals surface area contributed by atoms with E-state index < -0.39 is 5.60 Å². The average molecular weight is 389 g/mol. The molecule has 1 unspecified atom stereocenters. The Labute approximate surface area is 167 Å². The number of β-amino-alcohol motifs (C(OH)–C–C–N with tert-alkyl or cyclic N) is 1. The Bertz CT molecular complexity index is 1250. The van der Waals surface area contributed by atoms with E-state index in [9.17, 15) is 5.11 Å². The third-order valence-electron chi connectivity index (χ3n) is 6.13. The molecule has 1 atom stereocenters. The van der Waals surface area contributed by atoms with Crippen LogP contribution >= 0.6 is 0 Å². The van der Waals surface area contributed by atoms with Crippen LogP contribution in [0.2, 0.25) is 0 Å². The molecule has 0 spiro atoms. The van der Waals surface area contributed by atoms with Gasteiger partial charge < -0.3 is 14.6 Å². The van der Waals surface area contributed by atoms with Crippen LogP contribution in [-0.4, -0.2) is 52.9 Å². The number of pyridine rings is 1. The van der Waals surface area contributed by atoms with Gasteiger partial charge in [-0.3, -0.25) is 0 Å². The number of fused-ring (bicyclic) bond motifs is 2. The van der Waals surface area contributed by atoms with Crippen molar-refractivity contribution in [3.05, 3.63) is 36.7 Å². The van der Waals surface area contributed by atoms with Crippen LogP contribution in [0.4, 0.5) is 5.82 Å². The van der Waals surface area contributed by atoms with Crippen LogP contribution in [0.1, 0.15) is 38.1 Å². The fraction of sp³-hybridized carbons (Fsp3) is 0.429. The lowest BCUT2D eigenvalue weighted by molar-refractivity contribution is 0.0839. The van der Waals surface area contributed by atoms with E-state index in [1.54, 1.807) is 6.33 Å². The number of nitrogens with zero attached hydrogens (tertiary/aromatic N) is 7. The van der Waals surface area contributed by atoms with Crippen LogP contribution in [0, 0.1) is 6.92 Å². The second kappa shape index (κ2) is 5.76. The highest BCUT2D eigenvalue weighted by molar-refractivity contribution is 5.91. The summed E-state index contributed by atoms with van der Waals surface area (Å²) in [5.74, 6) is 1.88. The smallest absolute Gasteiger partial charge is 0.177 e. The van der Waals surface area contributed by atoms with Crippen LogP contribution in [0.15, 0.2) is 30.9 Å². The average Bonchev–Trinajstić information content (AvgIpc) is 3.18. The maximum atomic E-state index is 10.4. The quantitative estimate of drug-likeness (QED) is 0.580. The van der Waals surface area contributed by atoms with E-state index in [4.69, 9.17) is 0 Å². The van der Waals surface area contributed by atoms with Crippen molar-refractivity contribution in [2.75, 3.05) is 18.0 Å². The van der Waals surface area contributed by atoms with Gasteiger partial charge in [-0.05, 0) is 45.2 Å². The highest BCUT2D eigenvalue weighted by atomic mass is 16.3. The van der Waals surface area contributed by atoms with Crippen LogP contribution in [0.5, 0.6) is 0 Å². The minimum absolute atomic E-state index is 0.550. The Kier molecular flexibility index (Phi) is 3.36. The molecule has 1 aliphatic carbocycles. The molecule has 2 aliphatic rings. The predicted molar refractivity (Wildman–Crippen MR) is 110 cm³/mol. The van der Waals surface area contributed by atoms with E-state index in [-0.39, 0.29) is 0 Å². The molecule has 5 heterocycles. The Hall–Kier alpha value is -3.00. The molecule has 0 radical (unpaired) electrons. The fourth-order valence-corrected chi connectivity index (χ4v) is 4.56. The van der Waals surface area contributed by atoms with Gasteiger partial charge in [-0.2, -0.15) is 5.10 Å². The molecule has 1 saturated carbocycles. The second-order valence-corrected chi connectivity index (χ2v) is 8.60. The Morgan fingerprint density at radius 3 is 2.86 bits per heavy atom. The maximum Gasteiger partial charge on any atom is 0.177 e. The van der Waals surface area contributed by atoms with Gasteiger partial charge in [0.2, 0.25) is 0 Å². The number of aryl methyl sites for hydroxylation is 1. The van der Waals surface area contributed by atoms with Crippen LogP contribution < -0.4 is 4.90 Å². The normalized spacial score (nSPS) is 22.2. The van der Waals surface area contributed by atoms with Crippen molar-refractivity contribution >= 4 is 22.5 Å². The number of aromatic nitrogens is 6. The van der Waals surface area contributed by atoms with Gasteiger partial charge in [0.1, 0.15) is 17.7 Å². The van der Waals surface area contributed by atoms with Gasteiger partial charge in [-0.25, -0.2) is 19.5 Å². The van der Waals surface area contributed by atoms with E-state index >= 15 is 0 Å². The largest absolute Gasteiger partial charge is 0.388 e. The fourth-order valence-electron chi connectivity index (χ4n) is 4.56. The molecule has 1 saturated heterocycles. The summed E-state index contributed by atoms with van der Waals surface area (Å²) in [4.78, 5) is 16.0. The topological polar surface area (TPSA) is 84.4 Å². The molecule has 1 aliphatic heterocycles. The first-order valence-electron chi connectivity index (χ1n) is 10.1. The summed E-state index contributed by atoms with van der Waals surface area (Å²) in [5.41, 5.74) is 4.22. The lowest BCUT2D eigenvalue weighted by Gasteiger charge is -2.21. The van der Waals surface area contributed by atoms with Crippen molar-refractivity contribution in [1.82, 2.24) is 29.1 Å². The molecule has 1 N–H and O–H groups in total. The summed E-state index contributed by atoms with van der Waals surface area (Å²) < 4.78 is 4.18. The molecule has 2 fully saturated rings. The van der Waals surface area contributed by atoms with Crippen molar-refractivity contribution in [2.45, 2.75) is 44.8 Å². The number of imidazole rings is 1. The summed E-state index contributed by atoms with van der Waals surface area (Å²) in [7, 11) is 0. The molecule has 4 aromatic rings. The standard InChI is InChI=1S/C21H23N7O/c1-13-25-19-17(28(13)15-3-4-15)9-14(10-22-19)16-5-7-27-18(16)20(23-12-24-27)26-8-6-21(2,29)11-26/h5,7,9-10,12,15,29H,3-4,6,8,11H2,1-2H3. The number of rotatable bonds is 3. The molecule has 0 bridgehead atoms. The summed E-state index contributed by atoms with van der Waals surface area (Å²) in [6, 6.07) is 4.80. The summed E-state index contributed by atoms with van der Waals surface area (Å²) >= 11 is 0. The van der Waals surface area contributed by atoms with Gasteiger partial charge >= 0.3 is 0 Å². The Balaban J connectivity index is 1.52.